The van der Waals surface area contributed by atoms with Crippen LogP contribution in [0.5, 0.6) is 0 Å². The molecule has 0 atom stereocenters. The van der Waals surface area contributed by atoms with Crippen LogP contribution in [0.3, 0.4) is 0 Å². The number of benzene rings is 1. The van der Waals surface area contributed by atoms with Crippen molar-refractivity contribution in [1.29, 1.82) is 0 Å². The lowest BCUT2D eigenvalue weighted by atomic mass is 10.1. The van der Waals surface area contributed by atoms with Crippen molar-refractivity contribution in [3.05, 3.63) is 67.3 Å². The second-order valence-electron chi connectivity index (χ2n) is 5.52. The lowest BCUT2D eigenvalue weighted by molar-refractivity contribution is 0.0950. The number of nitrogens with zero attached hydrogens (tertiary/aromatic N) is 2. The van der Waals surface area contributed by atoms with Crippen LogP contribution >= 0.6 is 34.3 Å². The Kier molecular flexibility index (Phi) is 5.63. The molecule has 0 spiro atoms. The zero-order valence-electron chi connectivity index (χ0n) is 13.7. The highest BCUT2D eigenvalue weighted by atomic mass is 35.5. The third-order valence-corrected chi connectivity index (χ3v) is 5.73. The van der Waals surface area contributed by atoms with Gasteiger partial charge in [-0.15, -0.1) is 21.5 Å². The Bertz CT molecular complexity index is 913. The summed E-state index contributed by atoms with van der Waals surface area (Å²) in [7, 11) is 0. The monoisotopic (exact) mass is 389 g/mol. The number of thiophene rings is 1. The minimum absolute atomic E-state index is 0.249. The van der Waals surface area contributed by atoms with Gasteiger partial charge in [0, 0.05) is 16.3 Å². The van der Waals surface area contributed by atoms with E-state index in [9.17, 15) is 4.79 Å². The zero-order valence-corrected chi connectivity index (χ0v) is 16.1. The average Bonchev–Trinajstić information content (AvgIpc) is 3.23. The van der Waals surface area contributed by atoms with Crippen molar-refractivity contribution in [3.8, 4) is 0 Å². The normalized spacial score (nSPS) is 11.6. The van der Waals surface area contributed by atoms with Gasteiger partial charge in [0.25, 0.3) is 5.91 Å². The van der Waals surface area contributed by atoms with Crippen molar-refractivity contribution in [2.75, 3.05) is 0 Å². The van der Waals surface area contributed by atoms with E-state index in [4.69, 9.17) is 11.6 Å². The molecule has 0 bridgehead atoms. The number of rotatable bonds is 5. The van der Waals surface area contributed by atoms with Crippen LogP contribution in [0.2, 0.25) is 0 Å². The number of nitrogens with one attached hydrogen (secondary N) is 1. The van der Waals surface area contributed by atoms with E-state index in [1.54, 1.807) is 11.3 Å². The Hall–Kier alpha value is -2.02. The molecule has 1 aromatic carbocycles. The summed E-state index contributed by atoms with van der Waals surface area (Å²) >= 11 is 9.13. The van der Waals surface area contributed by atoms with Gasteiger partial charge in [0.05, 0.1) is 5.03 Å². The van der Waals surface area contributed by atoms with Crippen molar-refractivity contribution < 1.29 is 4.79 Å². The lowest BCUT2D eigenvalue weighted by Crippen LogP contribution is -2.22. The highest BCUT2D eigenvalue weighted by Crippen LogP contribution is 2.27. The van der Waals surface area contributed by atoms with Gasteiger partial charge in [-0.2, -0.15) is 0 Å². The van der Waals surface area contributed by atoms with E-state index in [1.807, 2.05) is 56.3 Å². The Balaban J connectivity index is 1.64. The Morgan fingerprint density at radius 2 is 1.80 bits per heavy atom. The van der Waals surface area contributed by atoms with Crippen LogP contribution in [0.1, 0.15) is 35.7 Å². The van der Waals surface area contributed by atoms with Gasteiger partial charge in [0.1, 0.15) is 0 Å². The fourth-order valence-electron chi connectivity index (χ4n) is 2.09. The van der Waals surface area contributed by atoms with Gasteiger partial charge in [-0.3, -0.25) is 4.79 Å². The molecule has 1 amide bonds. The molecule has 128 valence electrons. The van der Waals surface area contributed by atoms with E-state index >= 15 is 0 Å². The predicted molar refractivity (Wildman–Crippen MR) is 105 cm³/mol. The number of aryl methyl sites for hydroxylation is 2. The molecule has 0 fully saturated rings. The van der Waals surface area contributed by atoms with E-state index in [1.165, 1.54) is 21.8 Å². The molecule has 4 nitrogen and oxygen atoms in total. The van der Waals surface area contributed by atoms with Crippen LogP contribution < -0.4 is 5.32 Å². The van der Waals surface area contributed by atoms with Gasteiger partial charge in [0.2, 0.25) is 5.01 Å². The molecular formula is C18H16ClN3OS2. The molecular weight excluding hydrogens is 374 g/mol. The molecule has 0 aliphatic heterocycles. The minimum Gasteiger partial charge on any atom is -0.346 e. The third-order valence-electron chi connectivity index (χ3n) is 3.43. The molecule has 2 heterocycles. The molecule has 1 N–H and O–H groups in total. The molecule has 2 aromatic heterocycles. The highest BCUT2D eigenvalue weighted by Gasteiger charge is 2.14. The molecule has 25 heavy (non-hydrogen) atoms. The van der Waals surface area contributed by atoms with Crippen LogP contribution in [0.25, 0.3) is 11.1 Å². The van der Waals surface area contributed by atoms with Crippen LogP contribution in [0, 0.1) is 13.8 Å². The van der Waals surface area contributed by atoms with Crippen molar-refractivity contribution in [2.24, 2.45) is 0 Å². The molecule has 0 saturated carbocycles. The maximum atomic E-state index is 12.2. The number of hydrogen-bond acceptors (Lipinski definition) is 5. The minimum atomic E-state index is -0.249. The van der Waals surface area contributed by atoms with Gasteiger partial charge in [0.15, 0.2) is 5.01 Å². The van der Waals surface area contributed by atoms with Crippen molar-refractivity contribution in [1.82, 2.24) is 15.5 Å². The van der Waals surface area contributed by atoms with Gasteiger partial charge in [-0.25, -0.2) is 0 Å². The fourth-order valence-corrected chi connectivity index (χ4v) is 3.92. The van der Waals surface area contributed by atoms with Crippen LogP contribution in [-0.2, 0) is 6.54 Å². The summed E-state index contributed by atoms with van der Waals surface area (Å²) < 4.78 is 0. The molecule has 0 radical (unpaired) electrons. The quantitative estimate of drug-likeness (QED) is 0.676. The number of halogens is 1. The molecule has 0 aliphatic rings. The van der Waals surface area contributed by atoms with Crippen molar-refractivity contribution in [2.45, 2.75) is 20.4 Å². The summed E-state index contributed by atoms with van der Waals surface area (Å²) in [6.45, 7) is 4.52. The Morgan fingerprint density at radius 1 is 1.08 bits per heavy atom. The van der Waals surface area contributed by atoms with Crippen molar-refractivity contribution >= 4 is 51.3 Å². The first-order chi connectivity index (χ1) is 12.0. The second-order valence-corrected chi connectivity index (χ2v) is 8.23. The first-order valence-electron chi connectivity index (χ1n) is 7.62. The van der Waals surface area contributed by atoms with Gasteiger partial charge < -0.3 is 5.32 Å². The molecule has 0 saturated heterocycles. The smallest absolute Gasteiger partial charge is 0.282 e. The van der Waals surface area contributed by atoms with E-state index < -0.39 is 0 Å². The summed E-state index contributed by atoms with van der Waals surface area (Å²) in [6, 6.07) is 12.0. The molecule has 0 unspecified atom stereocenters. The Morgan fingerprint density at radius 3 is 2.48 bits per heavy atom. The van der Waals surface area contributed by atoms with Crippen LogP contribution in [0.15, 0.2) is 36.4 Å². The number of carbonyl (C=O) groups is 1. The third kappa shape index (κ3) is 4.75. The van der Waals surface area contributed by atoms with E-state index in [2.05, 4.69) is 15.5 Å². The highest BCUT2D eigenvalue weighted by molar-refractivity contribution is 7.15. The van der Waals surface area contributed by atoms with E-state index in [0.29, 0.717) is 21.6 Å². The summed E-state index contributed by atoms with van der Waals surface area (Å²) in [5.41, 5.74) is 2.22. The number of aromatic nitrogens is 2. The number of hydrogen-bond donors (Lipinski definition) is 1. The molecule has 7 heteroatoms. The molecule has 3 rings (SSSR count). The number of carbonyl (C=O) groups excluding carboxylic acids is 1. The fraction of sp³-hybridized carbons (Fsp3) is 0.167. The van der Waals surface area contributed by atoms with Gasteiger partial charge in [-0.05, 0) is 37.6 Å². The summed E-state index contributed by atoms with van der Waals surface area (Å²) in [4.78, 5) is 14.5. The SMILES string of the molecule is Cc1ccc(CNC(=O)c2nnc(C(Cl)=Cc3ccc(C)s3)s2)cc1. The van der Waals surface area contributed by atoms with Crippen LogP contribution in [-0.4, -0.2) is 16.1 Å². The van der Waals surface area contributed by atoms with Crippen LogP contribution in [0.4, 0.5) is 0 Å². The van der Waals surface area contributed by atoms with Crippen molar-refractivity contribution in [3.63, 3.8) is 0 Å². The first kappa shape index (κ1) is 17.8. The van der Waals surface area contributed by atoms with Gasteiger partial charge >= 0.3 is 0 Å². The second kappa shape index (κ2) is 7.91. The maximum Gasteiger partial charge on any atom is 0.282 e. The maximum absolute atomic E-state index is 12.2. The lowest BCUT2D eigenvalue weighted by Gasteiger charge is -2.03. The number of amides is 1. The first-order valence-corrected chi connectivity index (χ1v) is 9.63. The summed E-state index contributed by atoms with van der Waals surface area (Å²) in [5.74, 6) is -0.249. The molecule has 3 aromatic rings. The van der Waals surface area contributed by atoms with E-state index in [-0.39, 0.29) is 5.91 Å². The summed E-state index contributed by atoms with van der Waals surface area (Å²) in [6.07, 6.45) is 1.84. The topological polar surface area (TPSA) is 54.9 Å². The molecule has 0 aliphatic carbocycles. The predicted octanol–water partition coefficient (Wildman–Crippen LogP) is 4.88. The van der Waals surface area contributed by atoms with Gasteiger partial charge in [-0.1, -0.05) is 52.8 Å². The standard InChI is InChI=1S/C18H16ClN3OS2/c1-11-3-6-13(7-4-11)10-20-16(23)18-22-21-17(25-18)15(19)9-14-8-5-12(2)24-14/h3-9H,10H2,1-2H3,(H,20,23). The Labute approximate surface area is 159 Å². The average molecular weight is 390 g/mol. The largest absolute Gasteiger partial charge is 0.346 e. The summed E-state index contributed by atoms with van der Waals surface area (Å²) in [5, 5.41) is 12.1. The van der Waals surface area contributed by atoms with E-state index in [0.717, 1.165) is 10.4 Å². The zero-order chi connectivity index (χ0) is 17.8.